The van der Waals surface area contributed by atoms with E-state index in [1.54, 1.807) is 12.1 Å². The van der Waals surface area contributed by atoms with E-state index in [9.17, 15) is 5.26 Å². The van der Waals surface area contributed by atoms with E-state index in [4.69, 9.17) is 59.8 Å². The molecule has 14 aromatic carbocycles. The number of nitriles is 1. The summed E-state index contributed by atoms with van der Waals surface area (Å²) in [5.41, 5.74) is 11.7. The average Bonchev–Trinajstić information content (AvgIpc) is 1.57. The Morgan fingerprint density at radius 2 is 0.412 bits per heavy atom. The number of rotatable bonds is 15. The highest BCUT2D eigenvalue weighted by Gasteiger charge is 2.28. The molecule has 0 amide bonds. The summed E-state index contributed by atoms with van der Waals surface area (Å²) in [5.74, 6) is 3.44. The van der Waals surface area contributed by atoms with E-state index in [-0.39, 0.29) is 11.1 Å². The molecular formula is C97H57F2N15. The number of benzene rings is 14. The largest absolute Gasteiger partial charge is 0.307 e. The van der Waals surface area contributed by atoms with Gasteiger partial charge in [0.1, 0.15) is 11.6 Å². The third kappa shape index (κ3) is 12.5. The number of hydrogen-bond donors (Lipinski definition) is 0. The molecule has 15 nitrogen and oxygen atoms in total. The van der Waals surface area contributed by atoms with E-state index in [1.807, 2.05) is 303 Å². The molecule has 0 atom stereocenters. The smallest absolute Gasteiger partial charge is 0.164 e. The van der Waals surface area contributed by atoms with Crippen molar-refractivity contribution in [1.82, 2.24) is 68.9 Å². The molecule has 0 aliphatic heterocycles. The number of halogens is 2. The maximum Gasteiger partial charge on any atom is 0.164 e. The van der Waals surface area contributed by atoms with Crippen molar-refractivity contribution in [3.8, 4) is 165 Å². The summed E-state index contributed by atoms with van der Waals surface area (Å²) in [6, 6.07) is 112. The van der Waals surface area contributed by atoms with Crippen LogP contribution in [0.3, 0.4) is 0 Å². The first-order valence-electron chi connectivity index (χ1n) is 36.9. The van der Waals surface area contributed by atoms with Gasteiger partial charge < -0.3 is 9.13 Å². The zero-order valence-corrected chi connectivity index (χ0v) is 60.4. The molecule has 0 N–H and O–H groups in total. The molecule has 0 aliphatic carbocycles. The summed E-state index contributed by atoms with van der Waals surface area (Å²) >= 11 is 0. The first kappa shape index (κ1) is 67.4. The molecule has 17 heteroatoms. The van der Waals surface area contributed by atoms with Crippen molar-refractivity contribution in [2.24, 2.45) is 0 Å². The summed E-state index contributed by atoms with van der Waals surface area (Å²) in [6.07, 6.45) is 0. The minimum absolute atomic E-state index is 0.00890. The van der Waals surface area contributed by atoms with Crippen LogP contribution in [0.4, 0.5) is 8.78 Å². The van der Waals surface area contributed by atoms with Gasteiger partial charge in [-0.25, -0.2) is 68.6 Å². The molecule has 0 fully saturated rings. The second-order valence-electron chi connectivity index (χ2n) is 27.3. The van der Waals surface area contributed by atoms with E-state index in [2.05, 4.69) is 27.3 Å². The van der Waals surface area contributed by atoms with Crippen LogP contribution in [0.5, 0.6) is 0 Å². The van der Waals surface area contributed by atoms with Crippen LogP contribution in [0, 0.1) is 23.0 Å². The Labute approximate surface area is 651 Å². The third-order valence-electron chi connectivity index (χ3n) is 20.3. The summed E-state index contributed by atoms with van der Waals surface area (Å²) in [5, 5.41) is 15.0. The van der Waals surface area contributed by atoms with Gasteiger partial charge in [-0.3, -0.25) is 0 Å². The first-order valence-corrected chi connectivity index (χ1v) is 36.9. The maximum absolute atomic E-state index is 17.3. The topological polar surface area (TPSA) is 188 Å². The molecule has 0 aliphatic rings. The maximum atomic E-state index is 17.3. The standard InChI is InChI=1S/C97H57F2N15/c98-77-42-25-43-78(99)85(77)76-57-84(114-81-54-69(96-109-90(63-34-17-5-18-35-63)103-91(110-96)64-36-19-6-20-37-64)46-50-74(81)75-51-47-70(55-82(75)114)97-111-92(65-38-21-7-22-39-65)104-93(112-97)66-40-23-8-24-41-66)83(56-71(76)58-100)113-79-52-67(94-105-86(59-26-9-1-10-27-59)101-87(106-94)60-28-11-2-12-29-60)44-48-72(79)73-49-45-68(53-80(73)113)95-107-88(61-30-13-3-14-31-61)102-89(108-95)62-32-15-4-16-33-62/h1-57H. The molecule has 6 heterocycles. The van der Waals surface area contributed by atoms with Gasteiger partial charge in [-0.1, -0.05) is 297 Å². The van der Waals surface area contributed by atoms with Crippen molar-refractivity contribution >= 4 is 43.6 Å². The lowest BCUT2D eigenvalue weighted by Crippen LogP contribution is -2.07. The quantitative estimate of drug-likeness (QED) is 0.0944. The van der Waals surface area contributed by atoms with Crippen LogP contribution in [-0.4, -0.2) is 68.9 Å². The Hall–Kier alpha value is -15.9. The molecule has 534 valence electrons. The van der Waals surface area contributed by atoms with Gasteiger partial charge in [0.2, 0.25) is 0 Å². The van der Waals surface area contributed by atoms with Crippen molar-refractivity contribution in [1.29, 1.82) is 5.26 Å². The monoisotopic (exact) mass is 1470 g/mol. The Morgan fingerprint density at radius 3 is 0.623 bits per heavy atom. The van der Waals surface area contributed by atoms with Crippen LogP contribution in [0.1, 0.15) is 5.56 Å². The fraction of sp³-hybridized carbons (Fsp3) is 0. The van der Waals surface area contributed by atoms with Gasteiger partial charge in [0, 0.05) is 93.9 Å². The van der Waals surface area contributed by atoms with Gasteiger partial charge in [0.15, 0.2) is 69.9 Å². The van der Waals surface area contributed by atoms with Crippen molar-refractivity contribution in [3.05, 3.63) is 363 Å². The normalized spacial score (nSPS) is 11.4. The lowest BCUT2D eigenvalue weighted by molar-refractivity contribution is 0.589. The first-order chi connectivity index (χ1) is 56.2. The molecule has 0 spiro atoms. The van der Waals surface area contributed by atoms with Crippen LogP contribution in [0.15, 0.2) is 346 Å². The zero-order valence-electron chi connectivity index (χ0n) is 60.4. The number of aromatic nitrogens is 14. The van der Waals surface area contributed by atoms with E-state index in [0.29, 0.717) is 126 Å². The molecular weight excluding hydrogens is 1410 g/mol. The summed E-state index contributed by atoms with van der Waals surface area (Å²) in [6.45, 7) is 0. The average molecular weight is 1470 g/mol. The highest BCUT2D eigenvalue weighted by Crippen LogP contribution is 2.46. The van der Waals surface area contributed by atoms with E-state index < -0.39 is 17.2 Å². The second kappa shape index (κ2) is 28.6. The number of nitrogens with zero attached hydrogens (tertiary/aromatic N) is 15. The van der Waals surface area contributed by atoms with E-state index in [0.717, 1.165) is 66.1 Å². The molecule has 20 aromatic rings. The van der Waals surface area contributed by atoms with Crippen molar-refractivity contribution < 1.29 is 8.78 Å². The zero-order chi connectivity index (χ0) is 76.2. The Balaban J connectivity index is 0.920. The Morgan fingerprint density at radius 1 is 0.211 bits per heavy atom. The molecule has 0 saturated heterocycles. The van der Waals surface area contributed by atoms with Crippen LogP contribution in [-0.2, 0) is 0 Å². The lowest BCUT2D eigenvalue weighted by Gasteiger charge is -2.20. The van der Waals surface area contributed by atoms with Crippen molar-refractivity contribution in [3.63, 3.8) is 0 Å². The second-order valence-corrected chi connectivity index (χ2v) is 27.3. The highest BCUT2D eigenvalue weighted by atomic mass is 19.1. The number of fused-ring (bicyclic) bond motifs is 6. The minimum atomic E-state index is -0.871. The Kier molecular flexibility index (Phi) is 16.9. The van der Waals surface area contributed by atoms with Gasteiger partial charge in [-0.2, -0.15) is 5.26 Å². The molecule has 20 rings (SSSR count). The molecule has 0 unspecified atom stereocenters. The molecule has 0 saturated carbocycles. The van der Waals surface area contributed by atoms with E-state index >= 15 is 8.78 Å². The number of hydrogen-bond acceptors (Lipinski definition) is 13. The van der Waals surface area contributed by atoms with Crippen LogP contribution < -0.4 is 0 Å². The van der Waals surface area contributed by atoms with Gasteiger partial charge >= 0.3 is 0 Å². The predicted molar refractivity (Wildman–Crippen MR) is 444 cm³/mol. The lowest BCUT2D eigenvalue weighted by atomic mass is 9.97. The highest BCUT2D eigenvalue weighted by molar-refractivity contribution is 6.14. The van der Waals surface area contributed by atoms with E-state index in [1.165, 1.54) is 18.2 Å². The van der Waals surface area contributed by atoms with Crippen LogP contribution in [0.2, 0.25) is 0 Å². The molecule has 114 heavy (non-hydrogen) atoms. The van der Waals surface area contributed by atoms with Crippen LogP contribution in [0.25, 0.3) is 203 Å². The SMILES string of the molecule is N#Cc1cc(-n2c3cc(-c4nc(-c5ccccc5)nc(-c5ccccc5)n4)ccc3c3ccc(-c4nc(-c5ccccc5)nc(-c5ccccc5)n4)cc32)c(-n2c3cc(-c4nc(-c5ccccc5)nc(-c5ccccc5)n4)ccc3c3ccc(-c4nc(-c5ccccc5)nc(-c5ccccc5)n4)cc32)cc1-c1c(F)cccc1F. The summed E-state index contributed by atoms with van der Waals surface area (Å²) in [4.78, 5) is 62.3. The molecule has 0 bridgehead atoms. The van der Waals surface area contributed by atoms with Gasteiger partial charge in [-0.15, -0.1) is 0 Å². The van der Waals surface area contributed by atoms with Gasteiger partial charge in [0.25, 0.3) is 0 Å². The molecule has 6 aromatic heterocycles. The van der Waals surface area contributed by atoms with Crippen LogP contribution >= 0.6 is 0 Å². The fourth-order valence-corrected chi connectivity index (χ4v) is 14.9. The van der Waals surface area contributed by atoms with Crippen molar-refractivity contribution in [2.45, 2.75) is 0 Å². The summed E-state index contributed by atoms with van der Waals surface area (Å²) < 4.78 is 38.7. The van der Waals surface area contributed by atoms with Crippen molar-refractivity contribution in [2.75, 3.05) is 0 Å². The molecule has 0 radical (unpaired) electrons. The predicted octanol–water partition coefficient (Wildman–Crippen LogP) is 22.4. The fourth-order valence-electron chi connectivity index (χ4n) is 14.9. The van der Waals surface area contributed by atoms with Gasteiger partial charge in [-0.05, 0) is 48.5 Å². The minimum Gasteiger partial charge on any atom is -0.307 e. The summed E-state index contributed by atoms with van der Waals surface area (Å²) in [7, 11) is 0. The van der Waals surface area contributed by atoms with Gasteiger partial charge in [0.05, 0.1) is 50.6 Å². The third-order valence-corrected chi connectivity index (χ3v) is 20.3. The Bertz CT molecular complexity index is 6560.